The van der Waals surface area contributed by atoms with E-state index in [2.05, 4.69) is 24.5 Å². The zero-order chi connectivity index (χ0) is 12.6. The fraction of sp³-hybridized carbons (Fsp3) is 0.833. The average molecular weight is 239 g/mol. The van der Waals surface area contributed by atoms with E-state index in [0.29, 0.717) is 38.0 Å². The van der Waals surface area contributed by atoms with Gasteiger partial charge in [-0.05, 0) is 26.7 Å². The molecule has 0 aromatic carbocycles. The molecule has 0 bridgehead atoms. The Balaban J connectivity index is 2.07. The van der Waals surface area contributed by atoms with Crippen LogP contribution in [-0.4, -0.2) is 48.9 Å². The monoisotopic (exact) mass is 239 g/mol. The van der Waals surface area contributed by atoms with Crippen LogP contribution in [0.3, 0.4) is 0 Å². The Bertz CT molecular complexity index is 329. The van der Waals surface area contributed by atoms with Crippen molar-refractivity contribution in [3.63, 3.8) is 0 Å². The molecule has 1 aliphatic carbocycles. The summed E-state index contributed by atoms with van der Waals surface area (Å²) >= 11 is 0. The normalized spacial score (nSPS) is 30.9. The third-order valence-electron chi connectivity index (χ3n) is 3.67. The number of piperazine rings is 1. The SMILES string of the molecule is CNC(=O)C1(C(=O)N2C[C@H](C)N[C@@H](C)C2)CC1. The molecule has 0 unspecified atom stereocenters. The Morgan fingerprint density at radius 2 is 1.76 bits per heavy atom. The lowest BCUT2D eigenvalue weighted by Gasteiger charge is -2.37. The number of carbonyl (C=O) groups is 2. The van der Waals surface area contributed by atoms with Crippen molar-refractivity contribution in [2.45, 2.75) is 38.8 Å². The van der Waals surface area contributed by atoms with Gasteiger partial charge in [-0.15, -0.1) is 0 Å². The van der Waals surface area contributed by atoms with Crippen molar-refractivity contribution in [2.75, 3.05) is 20.1 Å². The summed E-state index contributed by atoms with van der Waals surface area (Å²) in [7, 11) is 1.60. The Kier molecular flexibility index (Phi) is 3.12. The second-order valence-electron chi connectivity index (χ2n) is 5.34. The number of amides is 2. The predicted octanol–water partition coefficient (Wildman–Crippen LogP) is -0.279. The molecule has 5 nitrogen and oxygen atoms in total. The summed E-state index contributed by atoms with van der Waals surface area (Å²) in [5.74, 6) is -0.113. The molecule has 1 heterocycles. The van der Waals surface area contributed by atoms with Crippen LogP contribution in [0.1, 0.15) is 26.7 Å². The van der Waals surface area contributed by atoms with Gasteiger partial charge in [0.1, 0.15) is 5.41 Å². The molecule has 2 atom stereocenters. The largest absolute Gasteiger partial charge is 0.358 e. The molecule has 0 aromatic rings. The molecule has 2 rings (SSSR count). The minimum atomic E-state index is -0.745. The Morgan fingerprint density at radius 1 is 1.24 bits per heavy atom. The number of hydrogen-bond donors (Lipinski definition) is 2. The summed E-state index contributed by atoms with van der Waals surface area (Å²) in [6.45, 7) is 5.52. The summed E-state index contributed by atoms with van der Waals surface area (Å²) in [5, 5.41) is 5.99. The molecular weight excluding hydrogens is 218 g/mol. The van der Waals surface area contributed by atoms with E-state index >= 15 is 0 Å². The van der Waals surface area contributed by atoms with E-state index in [1.54, 1.807) is 7.05 Å². The van der Waals surface area contributed by atoms with Crippen LogP contribution in [0.4, 0.5) is 0 Å². The van der Waals surface area contributed by atoms with E-state index < -0.39 is 5.41 Å². The first-order chi connectivity index (χ1) is 7.99. The first-order valence-electron chi connectivity index (χ1n) is 6.27. The highest BCUT2D eigenvalue weighted by Gasteiger charge is 2.57. The molecule has 2 amide bonds. The summed E-state index contributed by atoms with van der Waals surface area (Å²) in [6.07, 6.45) is 1.39. The first-order valence-corrected chi connectivity index (χ1v) is 6.27. The third kappa shape index (κ3) is 2.16. The Labute approximate surface area is 102 Å². The highest BCUT2D eigenvalue weighted by atomic mass is 16.2. The summed E-state index contributed by atoms with van der Waals surface area (Å²) in [6, 6.07) is 0.589. The van der Waals surface area contributed by atoms with E-state index in [4.69, 9.17) is 0 Å². The van der Waals surface area contributed by atoms with Gasteiger partial charge in [0.05, 0.1) is 0 Å². The van der Waals surface area contributed by atoms with E-state index in [0.717, 1.165) is 0 Å². The molecule has 2 fully saturated rings. The lowest BCUT2D eigenvalue weighted by atomic mass is 10.0. The maximum Gasteiger partial charge on any atom is 0.238 e. The van der Waals surface area contributed by atoms with Gasteiger partial charge < -0.3 is 15.5 Å². The Morgan fingerprint density at radius 3 is 2.18 bits per heavy atom. The third-order valence-corrected chi connectivity index (χ3v) is 3.67. The van der Waals surface area contributed by atoms with Gasteiger partial charge in [-0.2, -0.15) is 0 Å². The van der Waals surface area contributed by atoms with Crippen LogP contribution >= 0.6 is 0 Å². The molecule has 1 aliphatic heterocycles. The molecule has 0 aromatic heterocycles. The van der Waals surface area contributed by atoms with Crippen LogP contribution in [0.5, 0.6) is 0 Å². The number of hydrogen-bond acceptors (Lipinski definition) is 3. The lowest BCUT2D eigenvalue weighted by Crippen LogP contribution is -2.58. The second-order valence-corrected chi connectivity index (χ2v) is 5.34. The molecule has 5 heteroatoms. The topological polar surface area (TPSA) is 61.4 Å². The van der Waals surface area contributed by atoms with Crippen molar-refractivity contribution < 1.29 is 9.59 Å². The number of carbonyl (C=O) groups excluding carboxylic acids is 2. The van der Waals surface area contributed by atoms with Crippen molar-refractivity contribution in [1.82, 2.24) is 15.5 Å². The van der Waals surface area contributed by atoms with Crippen molar-refractivity contribution >= 4 is 11.8 Å². The van der Waals surface area contributed by atoms with Crippen molar-refractivity contribution in [3.05, 3.63) is 0 Å². The van der Waals surface area contributed by atoms with Crippen LogP contribution < -0.4 is 10.6 Å². The van der Waals surface area contributed by atoms with E-state index in [-0.39, 0.29) is 11.8 Å². The average Bonchev–Trinajstić information content (AvgIpc) is 3.07. The van der Waals surface area contributed by atoms with E-state index in [1.165, 1.54) is 0 Å². The summed E-state index contributed by atoms with van der Waals surface area (Å²) < 4.78 is 0. The fourth-order valence-electron chi connectivity index (χ4n) is 2.70. The van der Waals surface area contributed by atoms with E-state index in [9.17, 15) is 9.59 Å². The number of rotatable bonds is 2. The van der Waals surface area contributed by atoms with Crippen LogP contribution in [0, 0.1) is 5.41 Å². The smallest absolute Gasteiger partial charge is 0.238 e. The van der Waals surface area contributed by atoms with E-state index in [1.807, 2.05) is 4.90 Å². The van der Waals surface area contributed by atoms with Gasteiger partial charge in [0.25, 0.3) is 0 Å². The van der Waals surface area contributed by atoms with Crippen LogP contribution in [0.25, 0.3) is 0 Å². The first kappa shape index (κ1) is 12.4. The minimum absolute atomic E-state index is 0.0112. The molecule has 0 radical (unpaired) electrons. The molecule has 1 saturated carbocycles. The highest BCUT2D eigenvalue weighted by molar-refractivity contribution is 6.07. The molecular formula is C12H21N3O2. The second kappa shape index (κ2) is 4.29. The van der Waals surface area contributed by atoms with Gasteiger partial charge in [0, 0.05) is 32.2 Å². The standard InChI is InChI=1S/C12H21N3O2/c1-8-6-15(7-9(2)14-8)11(17)12(4-5-12)10(16)13-3/h8-9,14H,4-7H2,1-3H3,(H,13,16)/t8-,9-/m0/s1. The minimum Gasteiger partial charge on any atom is -0.358 e. The summed E-state index contributed by atoms with van der Waals surface area (Å²) in [4.78, 5) is 26.0. The van der Waals surface area contributed by atoms with Gasteiger partial charge in [-0.3, -0.25) is 9.59 Å². The van der Waals surface area contributed by atoms with Crippen molar-refractivity contribution in [2.24, 2.45) is 5.41 Å². The van der Waals surface area contributed by atoms with Gasteiger partial charge in [-0.1, -0.05) is 0 Å². The quantitative estimate of drug-likeness (QED) is 0.652. The predicted molar refractivity (Wildman–Crippen MR) is 64.4 cm³/mol. The number of nitrogens with zero attached hydrogens (tertiary/aromatic N) is 1. The van der Waals surface area contributed by atoms with Crippen LogP contribution in [-0.2, 0) is 9.59 Å². The molecule has 17 heavy (non-hydrogen) atoms. The molecule has 96 valence electrons. The van der Waals surface area contributed by atoms with Gasteiger partial charge >= 0.3 is 0 Å². The van der Waals surface area contributed by atoms with Gasteiger partial charge in [0.2, 0.25) is 11.8 Å². The van der Waals surface area contributed by atoms with Crippen molar-refractivity contribution in [1.29, 1.82) is 0 Å². The highest BCUT2D eigenvalue weighted by Crippen LogP contribution is 2.47. The van der Waals surface area contributed by atoms with Gasteiger partial charge in [-0.25, -0.2) is 0 Å². The summed E-state index contributed by atoms with van der Waals surface area (Å²) in [5.41, 5.74) is -0.745. The molecule has 2 N–H and O–H groups in total. The molecule has 0 spiro atoms. The maximum atomic E-state index is 12.4. The Hall–Kier alpha value is -1.10. The zero-order valence-corrected chi connectivity index (χ0v) is 10.7. The lowest BCUT2D eigenvalue weighted by molar-refractivity contribution is -0.145. The molecule has 2 aliphatic rings. The van der Waals surface area contributed by atoms with Crippen LogP contribution in [0.15, 0.2) is 0 Å². The number of nitrogens with one attached hydrogen (secondary N) is 2. The van der Waals surface area contributed by atoms with Crippen molar-refractivity contribution in [3.8, 4) is 0 Å². The molecule has 1 saturated heterocycles. The fourth-order valence-corrected chi connectivity index (χ4v) is 2.70. The van der Waals surface area contributed by atoms with Gasteiger partial charge in [0.15, 0.2) is 0 Å². The van der Waals surface area contributed by atoms with Crippen LogP contribution in [0.2, 0.25) is 0 Å². The zero-order valence-electron chi connectivity index (χ0n) is 10.7. The maximum absolute atomic E-state index is 12.4.